The topological polar surface area (TPSA) is 56.9 Å². The zero-order valence-corrected chi connectivity index (χ0v) is 21.8. The molecule has 4 aromatic carbocycles. The standard InChI is InChI=1S/C34H29N5/c35-22-25-14-15-27(21-31(25)36-16-19-38-17-5-6-18-38)39-32-12-4-2-9-29(32)34-28(10-7-13-33(34)39)26-20-24-8-1-3-11-30(24)37-23-26/h1-4,7-15,20-21,23,36H,5-6,16-19H2. The number of hydrogen-bond acceptors (Lipinski definition) is 4. The fourth-order valence-corrected chi connectivity index (χ4v) is 6.03. The summed E-state index contributed by atoms with van der Waals surface area (Å²) in [5, 5.41) is 16.9. The number of nitriles is 1. The predicted octanol–water partition coefficient (Wildman–Crippen LogP) is 7.38. The highest BCUT2D eigenvalue weighted by Gasteiger charge is 2.17. The molecule has 190 valence electrons. The number of nitrogens with one attached hydrogen (secondary N) is 1. The number of benzene rings is 4. The summed E-state index contributed by atoms with van der Waals surface area (Å²) in [6.45, 7) is 4.16. The Morgan fingerprint density at radius 3 is 2.56 bits per heavy atom. The van der Waals surface area contributed by atoms with Gasteiger partial charge in [0.05, 0.1) is 27.8 Å². The van der Waals surface area contributed by atoms with Gasteiger partial charge in [-0.2, -0.15) is 5.26 Å². The SMILES string of the molecule is N#Cc1ccc(-n2c3ccccc3c3c(-c4cnc5ccccc5c4)cccc32)cc1NCCN1CCCC1. The minimum Gasteiger partial charge on any atom is -0.383 e. The van der Waals surface area contributed by atoms with E-state index in [9.17, 15) is 5.26 Å². The molecule has 0 spiro atoms. The predicted molar refractivity (Wildman–Crippen MR) is 160 cm³/mol. The Morgan fingerprint density at radius 1 is 0.846 bits per heavy atom. The molecule has 0 radical (unpaired) electrons. The average molecular weight is 508 g/mol. The Kier molecular flexibility index (Phi) is 5.96. The molecule has 1 saturated heterocycles. The van der Waals surface area contributed by atoms with Crippen LogP contribution in [0.2, 0.25) is 0 Å². The maximum Gasteiger partial charge on any atom is 0.101 e. The van der Waals surface area contributed by atoms with E-state index in [1.807, 2.05) is 24.4 Å². The van der Waals surface area contributed by atoms with Crippen LogP contribution in [0.25, 0.3) is 49.5 Å². The van der Waals surface area contributed by atoms with Crippen molar-refractivity contribution in [3.8, 4) is 22.9 Å². The van der Waals surface area contributed by atoms with Gasteiger partial charge in [0.1, 0.15) is 6.07 Å². The van der Waals surface area contributed by atoms with Crippen molar-refractivity contribution < 1.29 is 0 Å². The zero-order chi connectivity index (χ0) is 26.2. The van der Waals surface area contributed by atoms with E-state index in [0.29, 0.717) is 5.56 Å². The summed E-state index contributed by atoms with van der Waals surface area (Å²) in [6.07, 6.45) is 4.54. The van der Waals surface area contributed by atoms with Crippen LogP contribution in [0.5, 0.6) is 0 Å². The van der Waals surface area contributed by atoms with Gasteiger partial charge >= 0.3 is 0 Å². The summed E-state index contributed by atoms with van der Waals surface area (Å²) in [4.78, 5) is 7.23. The highest BCUT2D eigenvalue weighted by Crippen LogP contribution is 2.39. The third-order valence-electron chi connectivity index (χ3n) is 7.92. The summed E-state index contributed by atoms with van der Waals surface area (Å²) in [6, 6.07) is 34.0. The fourth-order valence-electron chi connectivity index (χ4n) is 6.03. The van der Waals surface area contributed by atoms with Crippen LogP contribution in [-0.2, 0) is 0 Å². The van der Waals surface area contributed by atoms with Gasteiger partial charge in [0.15, 0.2) is 0 Å². The Hall–Kier alpha value is -4.66. The molecule has 0 saturated carbocycles. The van der Waals surface area contributed by atoms with Crippen LogP contribution in [0.15, 0.2) is 97.2 Å². The minimum atomic E-state index is 0.670. The van der Waals surface area contributed by atoms with E-state index in [0.717, 1.165) is 52.0 Å². The number of rotatable bonds is 6. The Labute approximate surface area is 227 Å². The smallest absolute Gasteiger partial charge is 0.101 e. The second-order valence-corrected chi connectivity index (χ2v) is 10.3. The molecule has 7 rings (SSSR count). The fraction of sp³-hybridized carbons (Fsp3) is 0.176. The first-order valence-electron chi connectivity index (χ1n) is 13.7. The lowest BCUT2D eigenvalue weighted by Gasteiger charge is -2.17. The molecule has 1 aliphatic heterocycles. The first-order valence-corrected chi connectivity index (χ1v) is 13.7. The maximum absolute atomic E-state index is 9.82. The highest BCUT2D eigenvalue weighted by molar-refractivity contribution is 6.16. The highest BCUT2D eigenvalue weighted by atomic mass is 15.1. The number of fused-ring (bicyclic) bond motifs is 4. The van der Waals surface area contributed by atoms with E-state index in [-0.39, 0.29) is 0 Å². The van der Waals surface area contributed by atoms with Crippen molar-refractivity contribution in [2.24, 2.45) is 0 Å². The van der Waals surface area contributed by atoms with Crippen LogP contribution in [0.4, 0.5) is 5.69 Å². The van der Waals surface area contributed by atoms with E-state index in [1.54, 1.807) is 0 Å². The van der Waals surface area contributed by atoms with E-state index >= 15 is 0 Å². The number of nitrogens with zero attached hydrogens (tertiary/aromatic N) is 4. The molecule has 39 heavy (non-hydrogen) atoms. The van der Waals surface area contributed by atoms with Gasteiger partial charge in [-0.25, -0.2) is 0 Å². The molecule has 5 heteroatoms. The van der Waals surface area contributed by atoms with Gasteiger partial charge in [0.2, 0.25) is 0 Å². The number of para-hydroxylation sites is 2. The van der Waals surface area contributed by atoms with Crippen molar-refractivity contribution in [1.82, 2.24) is 14.5 Å². The van der Waals surface area contributed by atoms with Gasteiger partial charge < -0.3 is 14.8 Å². The molecular weight excluding hydrogens is 478 g/mol. The summed E-state index contributed by atoms with van der Waals surface area (Å²) in [5.41, 5.74) is 8.13. The molecule has 0 bridgehead atoms. The van der Waals surface area contributed by atoms with Crippen molar-refractivity contribution >= 4 is 38.4 Å². The molecule has 3 heterocycles. The Morgan fingerprint density at radius 2 is 1.67 bits per heavy atom. The molecule has 6 aromatic rings. The number of likely N-dealkylation sites (tertiary alicyclic amines) is 1. The van der Waals surface area contributed by atoms with E-state index in [1.165, 1.54) is 42.3 Å². The molecule has 1 N–H and O–H groups in total. The number of anilines is 1. The summed E-state index contributed by atoms with van der Waals surface area (Å²) < 4.78 is 2.31. The van der Waals surface area contributed by atoms with Crippen molar-refractivity contribution in [2.45, 2.75) is 12.8 Å². The third-order valence-corrected chi connectivity index (χ3v) is 7.92. The van der Waals surface area contributed by atoms with Crippen LogP contribution in [0, 0.1) is 11.3 Å². The van der Waals surface area contributed by atoms with Crippen LogP contribution in [-0.4, -0.2) is 40.6 Å². The minimum absolute atomic E-state index is 0.670. The lowest BCUT2D eigenvalue weighted by molar-refractivity contribution is 0.352. The Bertz CT molecular complexity index is 1870. The van der Waals surface area contributed by atoms with Gasteiger partial charge in [-0.3, -0.25) is 4.98 Å². The molecule has 0 amide bonds. The average Bonchev–Trinajstić information content (AvgIpc) is 3.63. The van der Waals surface area contributed by atoms with Crippen LogP contribution >= 0.6 is 0 Å². The van der Waals surface area contributed by atoms with Gasteiger partial charge in [-0.15, -0.1) is 0 Å². The van der Waals surface area contributed by atoms with E-state index in [2.05, 4.69) is 93.6 Å². The maximum atomic E-state index is 9.82. The van der Waals surface area contributed by atoms with Gasteiger partial charge in [-0.05, 0) is 74.0 Å². The van der Waals surface area contributed by atoms with Crippen molar-refractivity contribution in [3.63, 3.8) is 0 Å². The first kappa shape index (κ1) is 23.5. The number of pyridine rings is 1. The third kappa shape index (κ3) is 4.20. The van der Waals surface area contributed by atoms with Crippen LogP contribution in [0.3, 0.4) is 0 Å². The molecule has 0 unspecified atom stereocenters. The number of hydrogen-bond donors (Lipinski definition) is 1. The lowest BCUT2D eigenvalue weighted by Crippen LogP contribution is -2.26. The zero-order valence-electron chi connectivity index (χ0n) is 21.8. The van der Waals surface area contributed by atoms with Gasteiger partial charge in [-0.1, -0.05) is 48.5 Å². The molecule has 1 fully saturated rings. The normalized spacial score (nSPS) is 13.8. The quantitative estimate of drug-likeness (QED) is 0.256. The lowest BCUT2D eigenvalue weighted by atomic mass is 9.99. The van der Waals surface area contributed by atoms with E-state index in [4.69, 9.17) is 4.98 Å². The van der Waals surface area contributed by atoms with Gasteiger partial charge in [0, 0.05) is 46.7 Å². The van der Waals surface area contributed by atoms with Crippen molar-refractivity contribution in [3.05, 3.63) is 103 Å². The van der Waals surface area contributed by atoms with Crippen molar-refractivity contribution in [1.29, 1.82) is 5.26 Å². The number of aromatic nitrogens is 2. The molecular formula is C34H29N5. The van der Waals surface area contributed by atoms with Crippen LogP contribution < -0.4 is 5.32 Å². The summed E-state index contributed by atoms with van der Waals surface area (Å²) in [7, 11) is 0. The second-order valence-electron chi connectivity index (χ2n) is 10.3. The van der Waals surface area contributed by atoms with Crippen LogP contribution in [0.1, 0.15) is 18.4 Å². The summed E-state index contributed by atoms with van der Waals surface area (Å²) in [5.74, 6) is 0. The molecule has 1 aliphatic rings. The molecule has 0 aliphatic carbocycles. The summed E-state index contributed by atoms with van der Waals surface area (Å²) >= 11 is 0. The molecule has 2 aromatic heterocycles. The van der Waals surface area contributed by atoms with E-state index < -0.39 is 0 Å². The van der Waals surface area contributed by atoms with Crippen molar-refractivity contribution in [2.75, 3.05) is 31.5 Å². The van der Waals surface area contributed by atoms with Gasteiger partial charge in [0.25, 0.3) is 0 Å². The molecule has 5 nitrogen and oxygen atoms in total. The monoisotopic (exact) mass is 507 g/mol. The largest absolute Gasteiger partial charge is 0.383 e. The Balaban J connectivity index is 1.36. The first-order chi connectivity index (χ1) is 19.3. The second kappa shape index (κ2) is 9.90. The molecule has 0 atom stereocenters.